The molecule has 0 heterocycles. The fourth-order valence-corrected chi connectivity index (χ4v) is 1.59. The third-order valence-corrected chi connectivity index (χ3v) is 2.61. The van der Waals surface area contributed by atoms with Gasteiger partial charge in [-0.25, -0.2) is 4.39 Å². The standard InChI is InChI=1S/C13H18FNO2/c1-10(2)15(6-7-16)9-13(17)11-4-3-5-12(14)8-11/h3-5,8,10,16H,6-7,9H2,1-2H3. The number of benzene rings is 1. The van der Waals surface area contributed by atoms with E-state index in [0.717, 1.165) is 0 Å². The van der Waals surface area contributed by atoms with E-state index in [9.17, 15) is 9.18 Å². The minimum atomic E-state index is -0.408. The Morgan fingerprint density at radius 3 is 2.71 bits per heavy atom. The molecule has 0 aliphatic heterocycles. The van der Waals surface area contributed by atoms with Crippen molar-refractivity contribution in [3.8, 4) is 0 Å². The second-order valence-electron chi connectivity index (χ2n) is 4.22. The number of carbonyl (C=O) groups excluding carboxylic acids is 1. The Hall–Kier alpha value is -1.26. The summed E-state index contributed by atoms with van der Waals surface area (Å²) in [5.41, 5.74) is 0.369. The van der Waals surface area contributed by atoms with Gasteiger partial charge >= 0.3 is 0 Å². The van der Waals surface area contributed by atoms with Crippen molar-refractivity contribution >= 4 is 5.78 Å². The molecule has 3 nitrogen and oxygen atoms in total. The minimum absolute atomic E-state index is 0.00854. The van der Waals surface area contributed by atoms with Crippen molar-refractivity contribution in [3.63, 3.8) is 0 Å². The van der Waals surface area contributed by atoms with Crippen LogP contribution in [0.3, 0.4) is 0 Å². The molecule has 0 spiro atoms. The second kappa shape index (κ2) is 6.47. The van der Waals surface area contributed by atoms with Gasteiger partial charge in [-0.1, -0.05) is 12.1 Å². The Labute approximate surface area is 101 Å². The van der Waals surface area contributed by atoms with Crippen LogP contribution in [0.4, 0.5) is 4.39 Å². The van der Waals surface area contributed by atoms with Gasteiger partial charge in [0.1, 0.15) is 5.82 Å². The molecule has 0 fully saturated rings. The van der Waals surface area contributed by atoms with Gasteiger partial charge in [0.2, 0.25) is 0 Å². The van der Waals surface area contributed by atoms with Crippen LogP contribution in [0.15, 0.2) is 24.3 Å². The van der Waals surface area contributed by atoms with Crippen LogP contribution in [0.1, 0.15) is 24.2 Å². The highest BCUT2D eigenvalue weighted by Gasteiger charge is 2.15. The molecule has 0 amide bonds. The quantitative estimate of drug-likeness (QED) is 0.768. The molecule has 1 aromatic rings. The maximum absolute atomic E-state index is 13.0. The summed E-state index contributed by atoms with van der Waals surface area (Å²) in [4.78, 5) is 13.8. The van der Waals surface area contributed by atoms with Crippen LogP contribution in [0, 0.1) is 5.82 Å². The van der Waals surface area contributed by atoms with E-state index in [4.69, 9.17) is 5.11 Å². The highest BCUT2D eigenvalue weighted by Crippen LogP contribution is 2.07. The highest BCUT2D eigenvalue weighted by atomic mass is 19.1. The summed E-state index contributed by atoms with van der Waals surface area (Å²) < 4.78 is 13.0. The molecule has 0 saturated carbocycles. The van der Waals surface area contributed by atoms with E-state index >= 15 is 0 Å². The third-order valence-electron chi connectivity index (χ3n) is 2.61. The molecular formula is C13H18FNO2. The van der Waals surface area contributed by atoms with Crippen LogP contribution in [-0.4, -0.2) is 41.5 Å². The number of aliphatic hydroxyl groups is 1. The molecule has 0 radical (unpaired) electrons. The molecule has 0 aromatic heterocycles. The fourth-order valence-electron chi connectivity index (χ4n) is 1.59. The molecule has 1 aromatic carbocycles. The Bertz CT molecular complexity index is 379. The summed E-state index contributed by atoms with van der Waals surface area (Å²) in [6, 6.07) is 5.83. The highest BCUT2D eigenvalue weighted by molar-refractivity contribution is 5.97. The summed E-state index contributed by atoms with van der Waals surface area (Å²) in [7, 11) is 0. The maximum Gasteiger partial charge on any atom is 0.176 e. The van der Waals surface area contributed by atoms with Crippen LogP contribution in [-0.2, 0) is 0 Å². The van der Waals surface area contributed by atoms with E-state index in [1.807, 2.05) is 18.7 Å². The third kappa shape index (κ3) is 4.24. The SMILES string of the molecule is CC(C)N(CCO)CC(=O)c1cccc(F)c1. The number of halogens is 1. The zero-order valence-electron chi connectivity index (χ0n) is 10.2. The van der Waals surface area contributed by atoms with Crippen molar-refractivity contribution in [2.24, 2.45) is 0 Å². The van der Waals surface area contributed by atoms with Crippen LogP contribution in [0.2, 0.25) is 0 Å². The van der Waals surface area contributed by atoms with Gasteiger partial charge in [0.05, 0.1) is 13.2 Å². The fraction of sp³-hybridized carbons (Fsp3) is 0.462. The van der Waals surface area contributed by atoms with E-state index in [1.54, 1.807) is 6.07 Å². The lowest BCUT2D eigenvalue weighted by Crippen LogP contribution is -2.37. The van der Waals surface area contributed by atoms with Gasteiger partial charge in [-0.2, -0.15) is 0 Å². The van der Waals surface area contributed by atoms with Crippen molar-refractivity contribution in [1.29, 1.82) is 0 Å². The summed E-state index contributed by atoms with van der Waals surface area (Å²) in [5.74, 6) is -0.541. The van der Waals surface area contributed by atoms with Crippen molar-refractivity contribution < 1.29 is 14.3 Å². The number of hydrogen-bond donors (Lipinski definition) is 1. The number of nitrogens with zero attached hydrogens (tertiary/aromatic N) is 1. The van der Waals surface area contributed by atoms with Gasteiger partial charge in [0.25, 0.3) is 0 Å². The molecule has 0 saturated heterocycles. The lowest BCUT2D eigenvalue weighted by Gasteiger charge is -2.24. The van der Waals surface area contributed by atoms with E-state index in [0.29, 0.717) is 12.1 Å². The molecule has 0 unspecified atom stereocenters. The molecule has 4 heteroatoms. The summed E-state index contributed by atoms with van der Waals surface area (Å²) >= 11 is 0. The van der Waals surface area contributed by atoms with Gasteiger partial charge in [-0.3, -0.25) is 9.69 Å². The molecule has 0 bridgehead atoms. The number of Topliss-reactive ketones (excluding diaryl/α,β-unsaturated/α-hetero) is 1. The van der Waals surface area contributed by atoms with Crippen LogP contribution < -0.4 is 0 Å². The van der Waals surface area contributed by atoms with Crippen molar-refractivity contribution in [1.82, 2.24) is 4.90 Å². The zero-order valence-corrected chi connectivity index (χ0v) is 10.2. The van der Waals surface area contributed by atoms with E-state index in [-0.39, 0.29) is 25.0 Å². The lowest BCUT2D eigenvalue weighted by atomic mass is 10.1. The van der Waals surface area contributed by atoms with Crippen LogP contribution in [0.5, 0.6) is 0 Å². The normalized spacial score (nSPS) is 11.2. The molecule has 1 N–H and O–H groups in total. The average molecular weight is 239 g/mol. The molecular weight excluding hydrogens is 221 g/mol. The summed E-state index contributed by atoms with van der Waals surface area (Å²) in [5, 5.41) is 8.90. The first-order valence-electron chi connectivity index (χ1n) is 5.68. The van der Waals surface area contributed by atoms with Gasteiger partial charge in [-0.15, -0.1) is 0 Å². The number of carbonyl (C=O) groups is 1. The predicted molar refractivity (Wildman–Crippen MR) is 64.5 cm³/mol. The monoisotopic (exact) mass is 239 g/mol. The largest absolute Gasteiger partial charge is 0.395 e. The second-order valence-corrected chi connectivity index (χ2v) is 4.22. The number of aliphatic hydroxyl groups excluding tert-OH is 1. The van der Waals surface area contributed by atoms with Crippen LogP contribution >= 0.6 is 0 Å². The Balaban J connectivity index is 2.70. The lowest BCUT2D eigenvalue weighted by molar-refractivity contribution is 0.0881. The zero-order chi connectivity index (χ0) is 12.8. The molecule has 0 aliphatic carbocycles. The first kappa shape index (κ1) is 13.8. The Morgan fingerprint density at radius 2 is 2.18 bits per heavy atom. The Kier molecular flexibility index (Phi) is 5.25. The van der Waals surface area contributed by atoms with Gasteiger partial charge in [-0.05, 0) is 26.0 Å². The molecule has 94 valence electrons. The van der Waals surface area contributed by atoms with Crippen molar-refractivity contribution in [3.05, 3.63) is 35.6 Å². The van der Waals surface area contributed by atoms with Gasteiger partial charge < -0.3 is 5.11 Å². The van der Waals surface area contributed by atoms with Crippen molar-refractivity contribution in [2.75, 3.05) is 19.7 Å². The van der Waals surface area contributed by atoms with Gasteiger partial charge in [0, 0.05) is 18.2 Å². The maximum atomic E-state index is 13.0. The molecule has 17 heavy (non-hydrogen) atoms. The first-order valence-corrected chi connectivity index (χ1v) is 5.68. The van der Waals surface area contributed by atoms with Crippen LogP contribution in [0.25, 0.3) is 0 Å². The molecule has 0 atom stereocenters. The predicted octanol–water partition coefficient (Wildman–Crippen LogP) is 1.71. The van der Waals surface area contributed by atoms with E-state index in [1.165, 1.54) is 18.2 Å². The first-order chi connectivity index (χ1) is 8.04. The molecule has 0 aliphatic rings. The topological polar surface area (TPSA) is 40.5 Å². The average Bonchev–Trinajstić information content (AvgIpc) is 2.28. The van der Waals surface area contributed by atoms with E-state index in [2.05, 4.69) is 0 Å². The van der Waals surface area contributed by atoms with Crippen molar-refractivity contribution in [2.45, 2.75) is 19.9 Å². The summed E-state index contributed by atoms with van der Waals surface area (Å²) in [6.45, 7) is 4.55. The van der Waals surface area contributed by atoms with E-state index < -0.39 is 5.82 Å². The van der Waals surface area contributed by atoms with Gasteiger partial charge in [0.15, 0.2) is 5.78 Å². The smallest absolute Gasteiger partial charge is 0.176 e. The minimum Gasteiger partial charge on any atom is -0.395 e. The molecule has 1 rings (SSSR count). The number of rotatable bonds is 6. The summed E-state index contributed by atoms with van der Waals surface area (Å²) in [6.07, 6.45) is 0. The Morgan fingerprint density at radius 1 is 1.47 bits per heavy atom. The number of ketones is 1. The number of hydrogen-bond acceptors (Lipinski definition) is 3.